The molecule has 0 atom stereocenters. The van der Waals surface area contributed by atoms with Crippen LogP contribution >= 0.6 is 0 Å². The van der Waals surface area contributed by atoms with Crippen molar-refractivity contribution < 1.29 is 4.79 Å². The SMILES string of the molecule is CCn1nc(C)cc1CN1CCC(=O)CC1. The summed E-state index contributed by atoms with van der Waals surface area (Å²) in [5.41, 5.74) is 2.33. The Kier molecular flexibility index (Phi) is 3.39. The summed E-state index contributed by atoms with van der Waals surface area (Å²) in [6.45, 7) is 7.75. The summed E-state index contributed by atoms with van der Waals surface area (Å²) in [5, 5.41) is 4.43. The molecule has 1 aromatic rings. The molecular formula is C12H19N3O. The van der Waals surface area contributed by atoms with Gasteiger partial charge in [0, 0.05) is 39.0 Å². The lowest BCUT2D eigenvalue weighted by atomic mass is 10.1. The molecule has 4 nitrogen and oxygen atoms in total. The molecule has 2 rings (SSSR count). The Labute approximate surface area is 96.2 Å². The van der Waals surface area contributed by atoms with Crippen molar-refractivity contribution in [2.45, 2.75) is 39.8 Å². The molecule has 4 heteroatoms. The zero-order valence-corrected chi connectivity index (χ0v) is 10.1. The fourth-order valence-corrected chi connectivity index (χ4v) is 2.19. The van der Waals surface area contributed by atoms with Crippen LogP contribution in [0, 0.1) is 6.92 Å². The van der Waals surface area contributed by atoms with Gasteiger partial charge in [-0.3, -0.25) is 14.4 Å². The average Bonchev–Trinajstić information content (AvgIpc) is 2.62. The van der Waals surface area contributed by atoms with Crippen LogP contribution in [0.3, 0.4) is 0 Å². The highest BCUT2D eigenvalue weighted by atomic mass is 16.1. The largest absolute Gasteiger partial charge is 0.300 e. The van der Waals surface area contributed by atoms with Gasteiger partial charge in [-0.1, -0.05) is 0 Å². The molecule has 1 aromatic heterocycles. The maximum Gasteiger partial charge on any atom is 0.135 e. The minimum Gasteiger partial charge on any atom is -0.300 e. The number of hydrogen-bond acceptors (Lipinski definition) is 3. The number of aromatic nitrogens is 2. The molecular weight excluding hydrogens is 202 g/mol. The summed E-state index contributed by atoms with van der Waals surface area (Å²) in [4.78, 5) is 13.5. The van der Waals surface area contributed by atoms with E-state index in [-0.39, 0.29) is 0 Å². The molecule has 0 amide bonds. The predicted octanol–water partition coefficient (Wildman–Crippen LogP) is 1.38. The van der Waals surface area contributed by atoms with Gasteiger partial charge in [-0.25, -0.2) is 0 Å². The fourth-order valence-electron chi connectivity index (χ4n) is 2.19. The van der Waals surface area contributed by atoms with Gasteiger partial charge >= 0.3 is 0 Å². The number of likely N-dealkylation sites (tertiary alicyclic amines) is 1. The van der Waals surface area contributed by atoms with Crippen LogP contribution in [0.4, 0.5) is 0 Å². The third-order valence-electron chi connectivity index (χ3n) is 3.08. The first kappa shape index (κ1) is 11.3. The number of hydrogen-bond donors (Lipinski definition) is 0. The lowest BCUT2D eigenvalue weighted by molar-refractivity contribution is -0.121. The standard InChI is InChI=1S/C12H19N3O/c1-3-15-11(8-10(2)13-15)9-14-6-4-12(16)5-7-14/h8H,3-7,9H2,1-2H3. The number of carbonyl (C=O) groups excluding carboxylic acids is 1. The summed E-state index contributed by atoms with van der Waals surface area (Å²) in [6, 6.07) is 2.14. The molecule has 16 heavy (non-hydrogen) atoms. The molecule has 0 bridgehead atoms. The molecule has 1 saturated heterocycles. The van der Waals surface area contributed by atoms with Crippen LogP contribution in [0.1, 0.15) is 31.2 Å². The fraction of sp³-hybridized carbons (Fsp3) is 0.667. The molecule has 0 aromatic carbocycles. The smallest absolute Gasteiger partial charge is 0.135 e. The van der Waals surface area contributed by atoms with Crippen LogP contribution in [-0.4, -0.2) is 33.6 Å². The number of carbonyl (C=O) groups is 1. The number of ketones is 1. The summed E-state index contributed by atoms with van der Waals surface area (Å²) in [7, 11) is 0. The lowest BCUT2D eigenvalue weighted by Gasteiger charge is -2.25. The summed E-state index contributed by atoms with van der Waals surface area (Å²) >= 11 is 0. The van der Waals surface area contributed by atoms with E-state index in [1.165, 1.54) is 5.69 Å². The summed E-state index contributed by atoms with van der Waals surface area (Å²) < 4.78 is 2.05. The van der Waals surface area contributed by atoms with Gasteiger partial charge in [-0.15, -0.1) is 0 Å². The highest BCUT2D eigenvalue weighted by Crippen LogP contribution is 2.12. The number of aryl methyl sites for hydroxylation is 2. The first-order valence-corrected chi connectivity index (χ1v) is 5.96. The van der Waals surface area contributed by atoms with E-state index in [1.807, 2.05) is 11.6 Å². The highest BCUT2D eigenvalue weighted by Gasteiger charge is 2.17. The Morgan fingerprint density at radius 2 is 2.06 bits per heavy atom. The first-order valence-electron chi connectivity index (χ1n) is 5.96. The lowest BCUT2D eigenvalue weighted by Crippen LogP contribution is -2.33. The topological polar surface area (TPSA) is 38.1 Å². The van der Waals surface area contributed by atoms with Crippen LogP contribution in [0.25, 0.3) is 0 Å². The van der Waals surface area contributed by atoms with E-state index >= 15 is 0 Å². The van der Waals surface area contributed by atoms with Crippen molar-refractivity contribution in [3.8, 4) is 0 Å². The minimum absolute atomic E-state index is 0.399. The third-order valence-corrected chi connectivity index (χ3v) is 3.08. The second kappa shape index (κ2) is 4.78. The summed E-state index contributed by atoms with van der Waals surface area (Å²) in [6.07, 6.45) is 1.42. The van der Waals surface area contributed by atoms with Crippen molar-refractivity contribution in [3.05, 3.63) is 17.5 Å². The quantitative estimate of drug-likeness (QED) is 0.774. The molecule has 0 N–H and O–H groups in total. The number of nitrogens with zero attached hydrogens (tertiary/aromatic N) is 3. The van der Waals surface area contributed by atoms with E-state index in [4.69, 9.17) is 0 Å². The van der Waals surface area contributed by atoms with Crippen molar-refractivity contribution >= 4 is 5.78 Å². The van der Waals surface area contributed by atoms with Gasteiger partial charge in [0.05, 0.1) is 11.4 Å². The molecule has 1 fully saturated rings. The van der Waals surface area contributed by atoms with E-state index in [0.29, 0.717) is 18.6 Å². The van der Waals surface area contributed by atoms with E-state index in [9.17, 15) is 4.79 Å². The average molecular weight is 221 g/mol. The first-order chi connectivity index (χ1) is 7.69. The minimum atomic E-state index is 0.399. The van der Waals surface area contributed by atoms with Crippen LogP contribution in [-0.2, 0) is 17.9 Å². The Morgan fingerprint density at radius 1 is 1.38 bits per heavy atom. The zero-order chi connectivity index (χ0) is 11.5. The van der Waals surface area contributed by atoms with E-state index < -0.39 is 0 Å². The van der Waals surface area contributed by atoms with Gasteiger partial charge in [0.1, 0.15) is 5.78 Å². The monoisotopic (exact) mass is 221 g/mol. The van der Waals surface area contributed by atoms with Gasteiger partial charge in [-0.2, -0.15) is 5.10 Å². The molecule has 1 aliphatic rings. The Bertz CT molecular complexity index is 374. The summed E-state index contributed by atoms with van der Waals surface area (Å²) in [5.74, 6) is 0.399. The Hall–Kier alpha value is -1.16. The maximum atomic E-state index is 11.1. The van der Waals surface area contributed by atoms with Crippen molar-refractivity contribution in [2.75, 3.05) is 13.1 Å². The molecule has 0 unspecified atom stereocenters. The van der Waals surface area contributed by atoms with Crippen LogP contribution in [0.15, 0.2) is 6.07 Å². The molecule has 0 saturated carbocycles. The zero-order valence-electron chi connectivity index (χ0n) is 10.1. The second-order valence-electron chi connectivity index (χ2n) is 4.41. The van der Waals surface area contributed by atoms with Gasteiger partial charge in [0.15, 0.2) is 0 Å². The van der Waals surface area contributed by atoms with Crippen LogP contribution < -0.4 is 0 Å². The van der Waals surface area contributed by atoms with Crippen molar-refractivity contribution in [2.24, 2.45) is 0 Å². The highest BCUT2D eigenvalue weighted by molar-refractivity contribution is 5.79. The Balaban J connectivity index is 2.00. The number of rotatable bonds is 3. The van der Waals surface area contributed by atoms with E-state index in [0.717, 1.165) is 31.9 Å². The van der Waals surface area contributed by atoms with Crippen LogP contribution in [0.2, 0.25) is 0 Å². The number of Topliss-reactive ketones (excluding diaryl/α,β-unsaturated/α-hetero) is 1. The van der Waals surface area contributed by atoms with Crippen molar-refractivity contribution in [3.63, 3.8) is 0 Å². The molecule has 0 spiro atoms. The van der Waals surface area contributed by atoms with Gasteiger partial charge in [0.2, 0.25) is 0 Å². The predicted molar refractivity (Wildman–Crippen MR) is 62.2 cm³/mol. The Morgan fingerprint density at radius 3 is 2.69 bits per heavy atom. The maximum absolute atomic E-state index is 11.1. The van der Waals surface area contributed by atoms with Crippen LogP contribution in [0.5, 0.6) is 0 Å². The molecule has 1 aliphatic heterocycles. The normalized spacial score (nSPS) is 18.0. The van der Waals surface area contributed by atoms with E-state index in [2.05, 4.69) is 23.0 Å². The van der Waals surface area contributed by atoms with Crippen molar-refractivity contribution in [1.29, 1.82) is 0 Å². The molecule has 88 valence electrons. The second-order valence-corrected chi connectivity index (χ2v) is 4.41. The van der Waals surface area contributed by atoms with Gasteiger partial charge in [-0.05, 0) is 19.9 Å². The van der Waals surface area contributed by atoms with E-state index in [1.54, 1.807) is 0 Å². The molecule has 2 heterocycles. The van der Waals surface area contributed by atoms with Gasteiger partial charge in [0.25, 0.3) is 0 Å². The molecule has 0 aliphatic carbocycles. The number of piperidine rings is 1. The van der Waals surface area contributed by atoms with Gasteiger partial charge < -0.3 is 0 Å². The molecule has 0 radical (unpaired) electrons. The van der Waals surface area contributed by atoms with Crippen molar-refractivity contribution in [1.82, 2.24) is 14.7 Å². The third kappa shape index (κ3) is 2.50.